The number of allylic oxidation sites excluding steroid dienone is 1. The topological polar surface area (TPSA) is 60.4 Å². The lowest BCUT2D eigenvalue weighted by Crippen LogP contribution is -2.39. The SMILES string of the molecule is O=C1C(=O)C2C(C(=O)c3ccccc3)=COC2C(Cl)=C1Cl. The van der Waals surface area contributed by atoms with E-state index in [9.17, 15) is 14.4 Å². The van der Waals surface area contributed by atoms with Crippen LogP contribution in [0.5, 0.6) is 0 Å². The first-order valence-electron chi connectivity index (χ1n) is 6.11. The maximum absolute atomic E-state index is 12.4. The Balaban J connectivity index is 2.00. The van der Waals surface area contributed by atoms with E-state index in [1.165, 1.54) is 6.26 Å². The molecule has 21 heavy (non-hydrogen) atoms. The van der Waals surface area contributed by atoms with Gasteiger partial charge in [0.05, 0.1) is 17.2 Å². The van der Waals surface area contributed by atoms with E-state index < -0.39 is 23.6 Å². The van der Waals surface area contributed by atoms with Gasteiger partial charge in [-0.15, -0.1) is 0 Å². The predicted molar refractivity (Wildman–Crippen MR) is 76.0 cm³/mol. The monoisotopic (exact) mass is 322 g/mol. The molecule has 0 aromatic heterocycles. The summed E-state index contributed by atoms with van der Waals surface area (Å²) in [4.78, 5) is 36.3. The first-order valence-corrected chi connectivity index (χ1v) is 6.87. The molecular weight excluding hydrogens is 315 g/mol. The standard InChI is InChI=1S/C15H8Cl2O4/c16-10-11(17)15-9(13(19)14(10)20)8(6-21-15)12(18)7-4-2-1-3-5-7/h1-6,9,15H. The summed E-state index contributed by atoms with van der Waals surface area (Å²) in [7, 11) is 0. The molecule has 2 atom stereocenters. The van der Waals surface area contributed by atoms with E-state index in [1.807, 2.05) is 0 Å². The highest BCUT2D eigenvalue weighted by Crippen LogP contribution is 2.40. The number of carbonyl (C=O) groups excluding carboxylic acids is 3. The molecule has 0 amide bonds. The average Bonchev–Trinajstić information content (AvgIpc) is 2.96. The molecule has 0 saturated carbocycles. The molecule has 1 aliphatic carbocycles. The van der Waals surface area contributed by atoms with Crippen molar-refractivity contribution in [3.8, 4) is 0 Å². The number of carbonyl (C=O) groups is 3. The zero-order valence-corrected chi connectivity index (χ0v) is 12.0. The minimum absolute atomic E-state index is 0.0432. The summed E-state index contributed by atoms with van der Waals surface area (Å²) in [6, 6.07) is 8.43. The molecule has 0 bridgehead atoms. The lowest BCUT2D eigenvalue weighted by molar-refractivity contribution is -0.137. The second-order valence-electron chi connectivity index (χ2n) is 4.66. The van der Waals surface area contributed by atoms with Crippen molar-refractivity contribution in [2.24, 2.45) is 5.92 Å². The van der Waals surface area contributed by atoms with Gasteiger partial charge in [0.1, 0.15) is 11.1 Å². The lowest BCUT2D eigenvalue weighted by Gasteiger charge is -2.23. The molecule has 0 spiro atoms. The van der Waals surface area contributed by atoms with E-state index in [4.69, 9.17) is 27.9 Å². The van der Waals surface area contributed by atoms with Crippen molar-refractivity contribution in [3.63, 3.8) is 0 Å². The number of fused-ring (bicyclic) bond motifs is 1. The lowest BCUT2D eigenvalue weighted by atomic mass is 9.82. The van der Waals surface area contributed by atoms with Gasteiger partial charge in [-0.3, -0.25) is 14.4 Å². The van der Waals surface area contributed by atoms with Crippen LogP contribution in [0.25, 0.3) is 0 Å². The van der Waals surface area contributed by atoms with Crippen molar-refractivity contribution in [2.45, 2.75) is 6.10 Å². The highest BCUT2D eigenvalue weighted by molar-refractivity contribution is 6.62. The Bertz CT molecular complexity index is 718. The fraction of sp³-hybridized carbons (Fsp3) is 0.133. The van der Waals surface area contributed by atoms with Gasteiger partial charge >= 0.3 is 0 Å². The normalized spacial score (nSPS) is 24.6. The Kier molecular flexibility index (Phi) is 3.43. The van der Waals surface area contributed by atoms with Crippen molar-refractivity contribution < 1.29 is 19.1 Å². The Morgan fingerprint density at radius 1 is 1.10 bits per heavy atom. The molecule has 2 aliphatic rings. The van der Waals surface area contributed by atoms with E-state index in [0.29, 0.717) is 5.56 Å². The van der Waals surface area contributed by atoms with Crippen LogP contribution in [-0.2, 0) is 14.3 Å². The number of ketones is 3. The summed E-state index contributed by atoms with van der Waals surface area (Å²) >= 11 is 11.7. The summed E-state index contributed by atoms with van der Waals surface area (Å²) in [5, 5.41) is -0.386. The fourth-order valence-corrected chi connectivity index (χ4v) is 2.84. The molecule has 6 heteroatoms. The molecular formula is C15H8Cl2O4. The van der Waals surface area contributed by atoms with E-state index in [0.717, 1.165) is 0 Å². The molecule has 2 unspecified atom stereocenters. The number of Topliss-reactive ketones (excluding diaryl/α,β-unsaturated/α-hetero) is 3. The van der Waals surface area contributed by atoms with Crippen molar-refractivity contribution in [1.29, 1.82) is 0 Å². The van der Waals surface area contributed by atoms with Gasteiger partial charge in [-0.1, -0.05) is 53.5 Å². The van der Waals surface area contributed by atoms with E-state index in [1.54, 1.807) is 30.3 Å². The summed E-state index contributed by atoms with van der Waals surface area (Å²) in [5.74, 6) is -3.06. The molecule has 0 fully saturated rings. The number of benzene rings is 1. The molecule has 1 aliphatic heterocycles. The molecule has 0 N–H and O–H groups in total. The predicted octanol–water partition coefficient (Wildman–Crippen LogP) is 2.61. The Morgan fingerprint density at radius 2 is 1.76 bits per heavy atom. The minimum Gasteiger partial charge on any atom is -0.491 e. The van der Waals surface area contributed by atoms with E-state index in [2.05, 4.69) is 0 Å². The fourth-order valence-electron chi connectivity index (χ4n) is 2.38. The van der Waals surface area contributed by atoms with Gasteiger partial charge in [0, 0.05) is 11.1 Å². The smallest absolute Gasteiger partial charge is 0.242 e. The van der Waals surface area contributed by atoms with Crippen LogP contribution in [0, 0.1) is 5.92 Å². The zero-order chi connectivity index (χ0) is 15.1. The Hall–Kier alpha value is -1.91. The summed E-state index contributed by atoms with van der Waals surface area (Å²) in [5.41, 5.74) is 0.525. The number of halogens is 2. The van der Waals surface area contributed by atoms with Gasteiger partial charge in [0.2, 0.25) is 11.6 Å². The van der Waals surface area contributed by atoms with Crippen LogP contribution >= 0.6 is 23.2 Å². The van der Waals surface area contributed by atoms with Crippen molar-refractivity contribution in [1.82, 2.24) is 0 Å². The molecule has 3 rings (SSSR count). The molecule has 1 heterocycles. The van der Waals surface area contributed by atoms with Crippen LogP contribution in [0.3, 0.4) is 0 Å². The van der Waals surface area contributed by atoms with Gasteiger partial charge < -0.3 is 4.74 Å². The molecule has 4 nitrogen and oxygen atoms in total. The number of ether oxygens (including phenoxy) is 1. The quantitative estimate of drug-likeness (QED) is 0.620. The third-order valence-corrected chi connectivity index (χ3v) is 4.32. The Labute approximate surface area is 130 Å². The molecule has 0 saturated heterocycles. The van der Waals surface area contributed by atoms with Crippen LogP contribution in [0.15, 0.2) is 52.2 Å². The average molecular weight is 323 g/mol. The Morgan fingerprint density at radius 3 is 2.43 bits per heavy atom. The van der Waals surface area contributed by atoms with E-state index >= 15 is 0 Å². The number of hydrogen-bond donors (Lipinski definition) is 0. The van der Waals surface area contributed by atoms with Gasteiger partial charge in [0.15, 0.2) is 5.78 Å². The number of hydrogen-bond acceptors (Lipinski definition) is 4. The van der Waals surface area contributed by atoms with Crippen LogP contribution in [0.1, 0.15) is 10.4 Å². The maximum Gasteiger partial charge on any atom is 0.242 e. The van der Waals surface area contributed by atoms with Crippen molar-refractivity contribution >= 4 is 40.6 Å². The second kappa shape index (κ2) is 5.13. The van der Waals surface area contributed by atoms with Gasteiger partial charge in [-0.05, 0) is 0 Å². The van der Waals surface area contributed by atoms with E-state index in [-0.39, 0.29) is 21.4 Å². The largest absolute Gasteiger partial charge is 0.491 e. The van der Waals surface area contributed by atoms with Gasteiger partial charge in [0.25, 0.3) is 0 Å². The minimum atomic E-state index is -1.03. The maximum atomic E-state index is 12.4. The summed E-state index contributed by atoms with van der Waals surface area (Å²) in [6.45, 7) is 0. The van der Waals surface area contributed by atoms with Crippen molar-refractivity contribution in [2.75, 3.05) is 0 Å². The summed E-state index contributed by atoms with van der Waals surface area (Å²) < 4.78 is 5.28. The third-order valence-electron chi connectivity index (χ3n) is 3.44. The number of rotatable bonds is 2. The zero-order valence-electron chi connectivity index (χ0n) is 10.5. The van der Waals surface area contributed by atoms with Gasteiger partial charge in [-0.2, -0.15) is 0 Å². The highest BCUT2D eigenvalue weighted by Gasteiger charge is 2.49. The van der Waals surface area contributed by atoms with Crippen LogP contribution < -0.4 is 0 Å². The van der Waals surface area contributed by atoms with Crippen LogP contribution in [0.4, 0.5) is 0 Å². The van der Waals surface area contributed by atoms with Gasteiger partial charge in [-0.25, -0.2) is 0 Å². The molecule has 1 aromatic carbocycles. The first-order chi connectivity index (χ1) is 10.0. The second-order valence-corrected chi connectivity index (χ2v) is 5.44. The van der Waals surface area contributed by atoms with Crippen LogP contribution in [-0.4, -0.2) is 23.5 Å². The molecule has 0 radical (unpaired) electrons. The third kappa shape index (κ3) is 2.11. The van der Waals surface area contributed by atoms with Crippen LogP contribution in [0.2, 0.25) is 0 Å². The molecule has 106 valence electrons. The summed E-state index contributed by atoms with van der Waals surface area (Å²) in [6.07, 6.45) is 0.292. The highest BCUT2D eigenvalue weighted by atomic mass is 35.5. The molecule has 1 aromatic rings. The first kappa shape index (κ1) is 14.0. The van der Waals surface area contributed by atoms with Crippen molar-refractivity contribution in [3.05, 3.63) is 57.8 Å².